The molecule has 1 aliphatic heterocycles. The van der Waals surface area contributed by atoms with E-state index in [2.05, 4.69) is 34.8 Å². The minimum atomic E-state index is 0. The third-order valence-corrected chi connectivity index (χ3v) is 3.74. The van der Waals surface area contributed by atoms with Gasteiger partial charge in [-0.2, -0.15) is 0 Å². The van der Waals surface area contributed by atoms with Gasteiger partial charge in [0.1, 0.15) is 0 Å². The Bertz CT molecular complexity index is 473. The predicted molar refractivity (Wildman–Crippen MR) is 108 cm³/mol. The molecule has 0 aromatic carbocycles. The molecule has 7 heteroatoms. The monoisotopic (exact) mass is 450 g/mol. The van der Waals surface area contributed by atoms with Gasteiger partial charge in [0.15, 0.2) is 5.96 Å². The Morgan fingerprint density at radius 3 is 3.00 bits per heavy atom. The largest absolute Gasteiger partial charge is 0.379 e. The van der Waals surface area contributed by atoms with E-state index in [1.54, 1.807) is 0 Å². The summed E-state index contributed by atoms with van der Waals surface area (Å²) in [6.07, 6.45) is 7.70. The first-order valence-corrected chi connectivity index (χ1v) is 8.60. The van der Waals surface area contributed by atoms with Crippen molar-refractivity contribution >= 4 is 29.9 Å². The van der Waals surface area contributed by atoms with Crippen LogP contribution < -0.4 is 10.6 Å². The van der Waals surface area contributed by atoms with E-state index in [-0.39, 0.29) is 24.0 Å². The van der Waals surface area contributed by atoms with Crippen LogP contribution in [0.25, 0.3) is 0 Å². The van der Waals surface area contributed by atoms with Crippen LogP contribution in [0.1, 0.15) is 31.7 Å². The topological polar surface area (TPSA) is 59.8 Å². The Morgan fingerprint density at radius 1 is 1.46 bits per heavy atom. The van der Waals surface area contributed by atoms with Gasteiger partial charge in [0.05, 0.1) is 19.3 Å². The fraction of sp³-hybridized carbons (Fsp3) is 0.706. The minimum Gasteiger partial charge on any atom is -0.379 e. The second kappa shape index (κ2) is 12.5. The normalized spacial score (nSPS) is 17.6. The van der Waals surface area contributed by atoms with Crippen molar-refractivity contribution in [2.75, 3.05) is 32.9 Å². The lowest BCUT2D eigenvalue weighted by molar-refractivity contribution is 0.0168. The third-order valence-electron chi connectivity index (χ3n) is 3.74. The quantitative estimate of drug-likeness (QED) is 0.262. The van der Waals surface area contributed by atoms with Gasteiger partial charge >= 0.3 is 0 Å². The summed E-state index contributed by atoms with van der Waals surface area (Å²) in [7, 11) is 2.02. The fourth-order valence-corrected chi connectivity index (χ4v) is 2.54. The lowest BCUT2D eigenvalue weighted by atomic mass is 10.2. The molecule has 0 saturated carbocycles. The minimum absolute atomic E-state index is 0. The highest BCUT2D eigenvalue weighted by molar-refractivity contribution is 14.0. The van der Waals surface area contributed by atoms with Crippen LogP contribution in [-0.4, -0.2) is 49.5 Å². The van der Waals surface area contributed by atoms with Crippen LogP contribution in [0.5, 0.6) is 0 Å². The molecule has 1 aliphatic rings. The maximum absolute atomic E-state index is 5.66. The third kappa shape index (κ3) is 8.34. The Balaban J connectivity index is 0.00000288. The van der Waals surface area contributed by atoms with Gasteiger partial charge in [0.25, 0.3) is 0 Å². The molecule has 0 aliphatic carbocycles. The van der Waals surface area contributed by atoms with Crippen molar-refractivity contribution < 1.29 is 9.47 Å². The lowest BCUT2D eigenvalue weighted by Crippen LogP contribution is -2.38. The van der Waals surface area contributed by atoms with Gasteiger partial charge in [0.2, 0.25) is 0 Å². The second-order valence-corrected chi connectivity index (χ2v) is 5.87. The van der Waals surface area contributed by atoms with Crippen molar-refractivity contribution in [3.63, 3.8) is 0 Å². The summed E-state index contributed by atoms with van der Waals surface area (Å²) in [5, 5.41) is 6.61. The number of hydrogen-bond acceptors (Lipinski definition) is 3. The van der Waals surface area contributed by atoms with Crippen molar-refractivity contribution in [2.45, 2.75) is 38.8 Å². The van der Waals surface area contributed by atoms with Crippen LogP contribution in [0.3, 0.4) is 0 Å². The molecule has 0 spiro atoms. The first-order chi connectivity index (χ1) is 11.3. The van der Waals surface area contributed by atoms with Crippen LogP contribution >= 0.6 is 24.0 Å². The summed E-state index contributed by atoms with van der Waals surface area (Å²) in [5.41, 5.74) is 1.21. The van der Waals surface area contributed by atoms with Crippen molar-refractivity contribution in [3.05, 3.63) is 24.0 Å². The molecule has 1 aromatic heterocycles. The molecule has 1 unspecified atom stereocenters. The zero-order valence-corrected chi connectivity index (χ0v) is 17.1. The van der Waals surface area contributed by atoms with E-state index in [1.165, 1.54) is 12.0 Å². The van der Waals surface area contributed by atoms with Gasteiger partial charge in [-0.3, -0.25) is 0 Å². The Morgan fingerprint density at radius 2 is 2.33 bits per heavy atom. The molecule has 2 N–H and O–H groups in total. The van der Waals surface area contributed by atoms with Gasteiger partial charge in [-0.15, -0.1) is 24.0 Å². The number of aliphatic imine (C=N–C) groups is 1. The first-order valence-electron chi connectivity index (χ1n) is 8.60. The van der Waals surface area contributed by atoms with Crippen LogP contribution in [0.4, 0.5) is 0 Å². The highest BCUT2D eigenvalue weighted by atomic mass is 127. The zero-order valence-electron chi connectivity index (χ0n) is 14.8. The van der Waals surface area contributed by atoms with Crippen LogP contribution in [0.2, 0.25) is 0 Å². The summed E-state index contributed by atoms with van der Waals surface area (Å²) in [5.74, 6) is 0.857. The molecule has 6 nitrogen and oxygen atoms in total. The van der Waals surface area contributed by atoms with Gasteiger partial charge in [-0.1, -0.05) is 0 Å². The first kappa shape index (κ1) is 21.2. The lowest BCUT2D eigenvalue weighted by Gasteiger charge is -2.12. The van der Waals surface area contributed by atoms with Crippen LogP contribution in [0.15, 0.2) is 23.5 Å². The number of nitrogens with one attached hydrogen (secondary N) is 2. The van der Waals surface area contributed by atoms with E-state index < -0.39 is 0 Å². The molecule has 2 rings (SSSR count). The molecular formula is C17H31IN4O2. The predicted octanol–water partition coefficient (Wildman–Crippen LogP) is 2.28. The van der Waals surface area contributed by atoms with Crippen LogP contribution in [-0.2, 0) is 23.1 Å². The average Bonchev–Trinajstić information content (AvgIpc) is 3.19. The number of hydrogen-bond donors (Lipinski definition) is 2. The summed E-state index contributed by atoms with van der Waals surface area (Å²) in [6, 6.07) is 2.09. The van der Waals surface area contributed by atoms with Crippen molar-refractivity contribution in [2.24, 2.45) is 12.0 Å². The van der Waals surface area contributed by atoms with Gasteiger partial charge in [-0.05, 0) is 37.8 Å². The molecule has 0 radical (unpaired) electrons. The highest BCUT2D eigenvalue weighted by Crippen LogP contribution is 2.11. The number of aryl methyl sites for hydroxylation is 1. The molecule has 0 bridgehead atoms. The standard InChI is InChI=1S/C17H30N4O2.HI/c1-3-18-17(20-12-15-7-9-21(2)13-15)19-8-5-10-22-14-16-6-4-11-23-16;/h7,9,13,16H,3-6,8,10-12,14H2,1-2H3,(H2,18,19,20);1H. The van der Waals surface area contributed by atoms with Crippen LogP contribution in [0, 0.1) is 0 Å². The number of rotatable bonds is 9. The van der Waals surface area contributed by atoms with Gasteiger partial charge in [-0.25, -0.2) is 4.99 Å². The molecule has 1 saturated heterocycles. The van der Waals surface area contributed by atoms with Crippen molar-refractivity contribution in [3.8, 4) is 0 Å². The molecule has 2 heterocycles. The smallest absolute Gasteiger partial charge is 0.191 e. The van der Waals surface area contributed by atoms with Gasteiger partial charge in [0, 0.05) is 45.7 Å². The Labute approximate surface area is 162 Å². The average molecular weight is 450 g/mol. The molecule has 1 aromatic rings. The van der Waals surface area contributed by atoms with E-state index in [4.69, 9.17) is 9.47 Å². The number of guanidine groups is 1. The SMILES string of the molecule is CCNC(=NCc1ccn(C)c1)NCCCOCC1CCCO1.I. The number of nitrogens with zero attached hydrogens (tertiary/aromatic N) is 2. The summed E-state index contributed by atoms with van der Waals surface area (Å²) < 4.78 is 13.2. The van der Waals surface area contributed by atoms with E-state index in [9.17, 15) is 0 Å². The molecule has 24 heavy (non-hydrogen) atoms. The summed E-state index contributed by atoms with van der Waals surface area (Å²) in [4.78, 5) is 4.60. The number of aromatic nitrogens is 1. The highest BCUT2D eigenvalue weighted by Gasteiger charge is 2.14. The van der Waals surface area contributed by atoms with Crippen molar-refractivity contribution in [1.82, 2.24) is 15.2 Å². The summed E-state index contributed by atoms with van der Waals surface area (Å²) in [6.45, 7) is 6.84. The number of halogens is 1. The van der Waals surface area contributed by atoms with Gasteiger partial charge < -0.3 is 24.7 Å². The molecular weight excluding hydrogens is 419 g/mol. The van der Waals surface area contributed by atoms with E-state index in [0.717, 1.165) is 51.7 Å². The Hall–Kier alpha value is -0.800. The van der Waals surface area contributed by atoms with E-state index >= 15 is 0 Å². The molecule has 138 valence electrons. The number of ether oxygens (including phenoxy) is 2. The maximum atomic E-state index is 5.66. The van der Waals surface area contributed by atoms with Crippen molar-refractivity contribution in [1.29, 1.82) is 0 Å². The maximum Gasteiger partial charge on any atom is 0.191 e. The van der Waals surface area contributed by atoms with E-state index in [1.807, 2.05) is 17.8 Å². The summed E-state index contributed by atoms with van der Waals surface area (Å²) >= 11 is 0. The molecule has 1 atom stereocenters. The fourth-order valence-electron chi connectivity index (χ4n) is 2.54. The molecule has 0 amide bonds. The Kier molecular flexibility index (Phi) is 11.1. The molecule has 1 fully saturated rings. The van der Waals surface area contributed by atoms with E-state index in [0.29, 0.717) is 12.6 Å². The zero-order chi connectivity index (χ0) is 16.3. The second-order valence-electron chi connectivity index (χ2n) is 5.87.